The molecule has 1 aromatic carbocycles. The van der Waals surface area contributed by atoms with Gasteiger partial charge >= 0.3 is 0 Å². The van der Waals surface area contributed by atoms with Gasteiger partial charge in [0, 0.05) is 20.2 Å². The van der Waals surface area contributed by atoms with Gasteiger partial charge in [-0.05, 0) is 37.1 Å². The minimum atomic E-state index is -3.65. The topological polar surface area (TPSA) is 72.6 Å². The molecule has 0 atom stereocenters. The number of nitrogens with zero attached hydrogens (tertiary/aromatic N) is 1. The normalized spacial score (nSPS) is 11.8. The first-order valence-corrected chi connectivity index (χ1v) is 7.75. The van der Waals surface area contributed by atoms with Crippen LogP contribution < -0.4 is 5.73 Å². The molecule has 0 fully saturated rings. The van der Waals surface area contributed by atoms with E-state index in [4.69, 9.17) is 10.5 Å². The van der Waals surface area contributed by atoms with E-state index in [0.29, 0.717) is 6.61 Å². The van der Waals surface area contributed by atoms with Crippen LogP contribution >= 0.6 is 0 Å². The third kappa shape index (κ3) is 3.59. The molecule has 0 aliphatic rings. The highest BCUT2D eigenvalue weighted by Gasteiger charge is 2.25. The largest absolute Gasteiger partial charge is 0.398 e. The summed E-state index contributed by atoms with van der Waals surface area (Å²) in [6, 6.07) is 3.30. The van der Waals surface area contributed by atoms with Gasteiger partial charge in [0.25, 0.3) is 0 Å². The van der Waals surface area contributed by atoms with Crippen molar-refractivity contribution in [3.63, 3.8) is 0 Å². The summed E-state index contributed by atoms with van der Waals surface area (Å²) in [5.41, 5.74) is 8.00. The third-order valence-corrected chi connectivity index (χ3v) is 5.04. The standard InChI is InChI=1S/C14H22N2O3S/c1-5-6-16(7-8-19-4)20(17,18)14-10-12(3)11(2)9-13(14)15/h5,9-10H,1,6-8,15H2,2-4H3. The fourth-order valence-corrected chi connectivity index (χ4v) is 3.40. The Morgan fingerprint density at radius 2 is 1.95 bits per heavy atom. The monoisotopic (exact) mass is 298 g/mol. The zero-order valence-corrected chi connectivity index (χ0v) is 13.0. The van der Waals surface area contributed by atoms with Crippen LogP contribution in [0.15, 0.2) is 29.7 Å². The summed E-state index contributed by atoms with van der Waals surface area (Å²) in [7, 11) is -2.12. The van der Waals surface area contributed by atoms with E-state index < -0.39 is 10.0 Å². The number of hydrogen-bond acceptors (Lipinski definition) is 4. The van der Waals surface area contributed by atoms with Crippen LogP contribution in [0.3, 0.4) is 0 Å². The van der Waals surface area contributed by atoms with Crippen molar-refractivity contribution >= 4 is 15.7 Å². The molecule has 0 spiro atoms. The van der Waals surface area contributed by atoms with Gasteiger partial charge in [-0.15, -0.1) is 6.58 Å². The molecule has 6 heteroatoms. The first-order valence-electron chi connectivity index (χ1n) is 6.31. The van der Waals surface area contributed by atoms with Gasteiger partial charge < -0.3 is 10.5 Å². The fourth-order valence-electron chi connectivity index (χ4n) is 1.82. The first-order chi connectivity index (χ1) is 9.34. The molecule has 0 aliphatic carbocycles. The lowest BCUT2D eigenvalue weighted by molar-refractivity contribution is 0.182. The van der Waals surface area contributed by atoms with Crippen molar-refractivity contribution in [2.75, 3.05) is 32.5 Å². The molecule has 0 saturated heterocycles. The molecule has 0 aliphatic heterocycles. The van der Waals surface area contributed by atoms with E-state index in [-0.39, 0.29) is 23.7 Å². The highest BCUT2D eigenvalue weighted by molar-refractivity contribution is 7.89. The Balaban J connectivity index is 3.25. The summed E-state index contributed by atoms with van der Waals surface area (Å²) in [5.74, 6) is 0. The number of methoxy groups -OCH3 is 1. The van der Waals surface area contributed by atoms with Gasteiger partial charge in [0.15, 0.2) is 0 Å². The number of rotatable bonds is 7. The molecule has 0 aromatic heterocycles. The third-order valence-electron chi connectivity index (χ3n) is 3.12. The molecule has 112 valence electrons. The minimum absolute atomic E-state index is 0.138. The number of anilines is 1. The van der Waals surface area contributed by atoms with Gasteiger partial charge in [-0.3, -0.25) is 0 Å². The zero-order valence-electron chi connectivity index (χ0n) is 12.2. The number of ether oxygens (including phenoxy) is 1. The predicted octanol–water partition coefficient (Wildman–Crippen LogP) is 1.71. The van der Waals surface area contributed by atoms with E-state index in [2.05, 4.69) is 6.58 Å². The molecule has 0 unspecified atom stereocenters. The Kier molecular flexibility index (Phi) is 5.74. The number of sulfonamides is 1. The molecule has 5 nitrogen and oxygen atoms in total. The number of benzene rings is 1. The Morgan fingerprint density at radius 3 is 2.50 bits per heavy atom. The van der Waals surface area contributed by atoms with Crippen LogP contribution in [0.5, 0.6) is 0 Å². The fraction of sp³-hybridized carbons (Fsp3) is 0.429. The van der Waals surface area contributed by atoms with Crippen LogP contribution in [0.4, 0.5) is 5.69 Å². The molecule has 0 heterocycles. The lowest BCUT2D eigenvalue weighted by atomic mass is 10.1. The Bertz CT molecular complexity index is 582. The molecule has 0 radical (unpaired) electrons. The SMILES string of the molecule is C=CCN(CCOC)S(=O)(=O)c1cc(C)c(C)cc1N. The molecule has 1 aromatic rings. The van der Waals surface area contributed by atoms with Crippen LogP contribution in [0.25, 0.3) is 0 Å². The van der Waals surface area contributed by atoms with Crippen molar-refractivity contribution in [2.45, 2.75) is 18.7 Å². The summed E-state index contributed by atoms with van der Waals surface area (Å²) < 4.78 is 31.6. The van der Waals surface area contributed by atoms with Gasteiger partial charge in [-0.1, -0.05) is 6.08 Å². The van der Waals surface area contributed by atoms with Gasteiger partial charge in [0.2, 0.25) is 10.0 Å². The molecule has 0 saturated carbocycles. The highest BCUT2D eigenvalue weighted by atomic mass is 32.2. The van der Waals surface area contributed by atoms with E-state index in [1.165, 1.54) is 11.4 Å². The van der Waals surface area contributed by atoms with E-state index in [0.717, 1.165) is 11.1 Å². The second-order valence-corrected chi connectivity index (χ2v) is 6.53. The highest BCUT2D eigenvalue weighted by Crippen LogP contribution is 2.25. The quantitative estimate of drug-likeness (QED) is 0.614. The summed E-state index contributed by atoms with van der Waals surface area (Å²) in [6.07, 6.45) is 1.55. The number of nitrogen functional groups attached to an aromatic ring is 1. The van der Waals surface area contributed by atoms with Crippen molar-refractivity contribution in [3.8, 4) is 0 Å². The average Bonchev–Trinajstić information content (AvgIpc) is 2.38. The Morgan fingerprint density at radius 1 is 1.35 bits per heavy atom. The number of hydrogen-bond donors (Lipinski definition) is 1. The van der Waals surface area contributed by atoms with Crippen LogP contribution in [-0.2, 0) is 14.8 Å². The maximum Gasteiger partial charge on any atom is 0.245 e. The number of aryl methyl sites for hydroxylation is 2. The van der Waals surface area contributed by atoms with Crippen LogP contribution in [0.2, 0.25) is 0 Å². The van der Waals surface area contributed by atoms with Crippen molar-refractivity contribution in [1.29, 1.82) is 0 Å². The van der Waals surface area contributed by atoms with Crippen LogP contribution in [0, 0.1) is 13.8 Å². The summed E-state index contributed by atoms with van der Waals surface area (Å²) in [4.78, 5) is 0.138. The molecule has 20 heavy (non-hydrogen) atoms. The van der Waals surface area contributed by atoms with Crippen LogP contribution in [0.1, 0.15) is 11.1 Å². The van der Waals surface area contributed by atoms with Crippen LogP contribution in [-0.4, -0.2) is 39.5 Å². The Hall–Kier alpha value is -1.37. The van der Waals surface area contributed by atoms with Gasteiger partial charge in [0.05, 0.1) is 12.3 Å². The molecular weight excluding hydrogens is 276 g/mol. The minimum Gasteiger partial charge on any atom is -0.398 e. The van der Waals surface area contributed by atoms with Crippen molar-refractivity contribution in [3.05, 3.63) is 35.9 Å². The zero-order chi connectivity index (χ0) is 15.3. The lowest BCUT2D eigenvalue weighted by Gasteiger charge is -2.22. The van der Waals surface area contributed by atoms with Gasteiger partial charge in [0.1, 0.15) is 4.90 Å². The smallest absolute Gasteiger partial charge is 0.245 e. The summed E-state index contributed by atoms with van der Waals surface area (Å²) in [5, 5.41) is 0. The lowest BCUT2D eigenvalue weighted by Crippen LogP contribution is -2.34. The predicted molar refractivity (Wildman–Crippen MR) is 81.2 cm³/mol. The maximum absolute atomic E-state index is 12.7. The van der Waals surface area contributed by atoms with Crippen molar-refractivity contribution in [1.82, 2.24) is 4.31 Å². The molecule has 0 amide bonds. The number of nitrogens with two attached hydrogens (primary N) is 1. The van der Waals surface area contributed by atoms with E-state index in [1.807, 2.05) is 13.8 Å². The molecule has 0 bridgehead atoms. The second kappa shape index (κ2) is 6.88. The van der Waals surface area contributed by atoms with Gasteiger partial charge in [-0.2, -0.15) is 4.31 Å². The average molecular weight is 298 g/mol. The summed E-state index contributed by atoms with van der Waals surface area (Å²) in [6.45, 7) is 8.15. The van der Waals surface area contributed by atoms with Gasteiger partial charge in [-0.25, -0.2) is 8.42 Å². The van der Waals surface area contributed by atoms with E-state index >= 15 is 0 Å². The summed E-state index contributed by atoms with van der Waals surface area (Å²) >= 11 is 0. The molecule has 2 N–H and O–H groups in total. The van der Waals surface area contributed by atoms with Crippen molar-refractivity contribution < 1.29 is 13.2 Å². The Labute approximate surface area is 121 Å². The van der Waals surface area contributed by atoms with E-state index in [1.54, 1.807) is 18.2 Å². The van der Waals surface area contributed by atoms with E-state index in [9.17, 15) is 8.42 Å². The maximum atomic E-state index is 12.7. The first kappa shape index (κ1) is 16.7. The molecular formula is C14H22N2O3S. The second-order valence-electron chi connectivity index (χ2n) is 4.62. The molecule has 1 rings (SSSR count). The van der Waals surface area contributed by atoms with Crippen molar-refractivity contribution in [2.24, 2.45) is 0 Å².